The summed E-state index contributed by atoms with van der Waals surface area (Å²) in [5.41, 5.74) is 3.24. The number of hydrogen-bond donors (Lipinski definition) is 1. The molecule has 1 N–H and O–H groups in total. The van der Waals surface area contributed by atoms with Crippen LogP contribution in [0, 0.1) is 0 Å². The van der Waals surface area contributed by atoms with E-state index >= 15 is 0 Å². The molecule has 170 valence electrons. The molecule has 0 radical (unpaired) electrons. The zero-order valence-corrected chi connectivity index (χ0v) is 18.6. The number of likely N-dealkylation sites (tertiary alicyclic amines) is 1. The van der Waals surface area contributed by atoms with E-state index in [1.165, 1.54) is 0 Å². The molecule has 2 saturated heterocycles. The van der Waals surface area contributed by atoms with Crippen molar-refractivity contribution in [2.45, 2.75) is 25.4 Å². The Morgan fingerprint density at radius 1 is 1.00 bits per heavy atom. The van der Waals surface area contributed by atoms with Crippen LogP contribution in [0.2, 0.25) is 0 Å². The lowest BCUT2D eigenvalue weighted by atomic mass is 10.0. The van der Waals surface area contributed by atoms with Crippen molar-refractivity contribution >= 4 is 11.8 Å². The summed E-state index contributed by atoms with van der Waals surface area (Å²) in [7, 11) is 0. The number of hydrogen-bond acceptors (Lipinski definition) is 5. The molecule has 5 rings (SSSR count). The second-order valence-electron chi connectivity index (χ2n) is 8.63. The van der Waals surface area contributed by atoms with Gasteiger partial charge in [-0.15, -0.1) is 0 Å². The van der Waals surface area contributed by atoms with Crippen LogP contribution in [0.25, 0.3) is 11.3 Å². The van der Waals surface area contributed by atoms with Crippen molar-refractivity contribution in [2.75, 3.05) is 32.7 Å². The fraction of sp³-hybridized carbons (Fsp3) is 0.360. The number of amides is 2. The maximum atomic E-state index is 13.2. The number of piperazine rings is 1. The van der Waals surface area contributed by atoms with E-state index in [1.54, 1.807) is 18.6 Å². The Hall–Kier alpha value is -3.52. The highest BCUT2D eigenvalue weighted by Gasteiger charge is 2.35. The normalized spacial score (nSPS) is 19.6. The summed E-state index contributed by atoms with van der Waals surface area (Å²) in [5.74, 6) is 0.168. The van der Waals surface area contributed by atoms with Gasteiger partial charge < -0.3 is 9.80 Å². The molecule has 2 aliphatic rings. The summed E-state index contributed by atoms with van der Waals surface area (Å²) in [6, 6.07) is 13.8. The van der Waals surface area contributed by atoms with Gasteiger partial charge in [0.05, 0.1) is 23.5 Å². The van der Waals surface area contributed by atoms with Gasteiger partial charge in [0.15, 0.2) is 0 Å². The van der Waals surface area contributed by atoms with Crippen LogP contribution in [0.5, 0.6) is 0 Å². The number of carbonyl (C=O) groups is 2. The van der Waals surface area contributed by atoms with Crippen LogP contribution in [0.15, 0.2) is 61.1 Å². The smallest absolute Gasteiger partial charge is 0.257 e. The lowest BCUT2D eigenvalue weighted by Gasteiger charge is -2.42. The first-order chi connectivity index (χ1) is 16.2. The lowest BCUT2D eigenvalue weighted by Crippen LogP contribution is -2.58. The topological polar surface area (TPSA) is 85.4 Å². The average Bonchev–Trinajstić information content (AvgIpc) is 3.36. The van der Waals surface area contributed by atoms with E-state index in [-0.39, 0.29) is 17.9 Å². The van der Waals surface area contributed by atoms with Crippen molar-refractivity contribution in [1.29, 1.82) is 0 Å². The summed E-state index contributed by atoms with van der Waals surface area (Å²) in [6.45, 7) is 4.05. The zero-order valence-electron chi connectivity index (χ0n) is 18.6. The van der Waals surface area contributed by atoms with E-state index < -0.39 is 0 Å². The molecule has 4 heterocycles. The number of piperidine rings is 1. The van der Waals surface area contributed by atoms with Gasteiger partial charge >= 0.3 is 0 Å². The van der Waals surface area contributed by atoms with Crippen LogP contribution in [-0.4, -0.2) is 80.5 Å². The molecular formula is C25H28N6O2. The van der Waals surface area contributed by atoms with Crippen LogP contribution in [0.3, 0.4) is 0 Å². The van der Waals surface area contributed by atoms with E-state index in [9.17, 15) is 9.59 Å². The summed E-state index contributed by atoms with van der Waals surface area (Å²) in [6.07, 6.45) is 6.90. The van der Waals surface area contributed by atoms with Crippen LogP contribution in [0.1, 0.15) is 28.8 Å². The van der Waals surface area contributed by atoms with Crippen molar-refractivity contribution in [3.8, 4) is 11.3 Å². The van der Waals surface area contributed by atoms with Gasteiger partial charge in [0.1, 0.15) is 0 Å². The molecule has 0 bridgehead atoms. The van der Waals surface area contributed by atoms with Crippen LogP contribution in [-0.2, 0) is 11.3 Å². The molecule has 2 amide bonds. The van der Waals surface area contributed by atoms with Gasteiger partial charge in [0.25, 0.3) is 5.91 Å². The average molecular weight is 445 g/mol. The van der Waals surface area contributed by atoms with Crippen LogP contribution >= 0.6 is 0 Å². The number of nitrogens with one attached hydrogen (secondary N) is 1. The van der Waals surface area contributed by atoms with Gasteiger partial charge in [0, 0.05) is 57.2 Å². The Morgan fingerprint density at radius 3 is 2.58 bits per heavy atom. The van der Waals surface area contributed by atoms with Crippen molar-refractivity contribution in [2.24, 2.45) is 0 Å². The standard InChI is InChI=1S/C25H28N6O2/c32-24(21-17-27-28-23(21)20-8-4-10-26-16-20)30-14-12-29(13-15-30)22-9-5-11-31(25(22)33)18-19-6-2-1-3-7-19/h1-4,6-8,10,16-17,22H,5,9,11-15,18H2,(H,27,28). The lowest BCUT2D eigenvalue weighted by molar-refractivity contribution is -0.141. The number of nitrogens with zero attached hydrogens (tertiary/aromatic N) is 5. The number of aromatic nitrogens is 3. The predicted molar refractivity (Wildman–Crippen MR) is 124 cm³/mol. The second-order valence-corrected chi connectivity index (χ2v) is 8.63. The van der Waals surface area contributed by atoms with Gasteiger partial charge in [-0.25, -0.2) is 0 Å². The highest BCUT2D eigenvalue weighted by atomic mass is 16.2. The van der Waals surface area contributed by atoms with E-state index in [1.807, 2.05) is 40.1 Å². The predicted octanol–water partition coefficient (Wildman–Crippen LogP) is 2.42. The molecule has 2 aromatic heterocycles. The third kappa shape index (κ3) is 4.52. The maximum Gasteiger partial charge on any atom is 0.257 e. The molecule has 1 aromatic carbocycles. The third-order valence-corrected chi connectivity index (χ3v) is 6.58. The minimum Gasteiger partial charge on any atom is -0.337 e. The van der Waals surface area contributed by atoms with Crippen molar-refractivity contribution < 1.29 is 9.59 Å². The Balaban J connectivity index is 1.21. The zero-order chi connectivity index (χ0) is 22.6. The van der Waals surface area contributed by atoms with Gasteiger partial charge in [-0.3, -0.25) is 24.6 Å². The quantitative estimate of drug-likeness (QED) is 0.653. The highest BCUT2D eigenvalue weighted by Crippen LogP contribution is 2.24. The summed E-state index contributed by atoms with van der Waals surface area (Å²) < 4.78 is 0. The third-order valence-electron chi connectivity index (χ3n) is 6.58. The molecule has 8 nitrogen and oxygen atoms in total. The molecule has 3 aromatic rings. The maximum absolute atomic E-state index is 13.2. The van der Waals surface area contributed by atoms with Crippen molar-refractivity contribution in [3.63, 3.8) is 0 Å². The Labute approximate surface area is 193 Å². The fourth-order valence-electron chi connectivity index (χ4n) is 4.81. The fourth-order valence-corrected chi connectivity index (χ4v) is 4.81. The van der Waals surface area contributed by atoms with E-state index in [4.69, 9.17) is 0 Å². The number of carbonyl (C=O) groups excluding carboxylic acids is 2. The number of rotatable bonds is 5. The molecule has 2 fully saturated rings. The molecule has 1 atom stereocenters. The van der Waals surface area contributed by atoms with Crippen molar-refractivity contribution in [3.05, 3.63) is 72.2 Å². The van der Waals surface area contributed by atoms with Gasteiger partial charge in [-0.1, -0.05) is 30.3 Å². The minimum absolute atomic E-state index is 0.0390. The molecule has 1 unspecified atom stereocenters. The highest BCUT2D eigenvalue weighted by molar-refractivity contribution is 5.99. The van der Waals surface area contributed by atoms with Crippen LogP contribution in [0.4, 0.5) is 0 Å². The molecule has 0 saturated carbocycles. The molecule has 8 heteroatoms. The Bertz CT molecular complexity index is 1090. The monoisotopic (exact) mass is 444 g/mol. The Kier molecular flexibility index (Phi) is 6.17. The minimum atomic E-state index is -0.0976. The summed E-state index contributed by atoms with van der Waals surface area (Å²) in [5, 5.41) is 7.03. The molecular weight excluding hydrogens is 416 g/mol. The van der Waals surface area contributed by atoms with Gasteiger partial charge in [-0.2, -0.15) is 5.10 Å². The number of pyridine rings is 1. The Morgan fingerprint density at radius 2 is 1.82 bits per heavy atom. The molecule has 33 heavy (non-hydrogen) atoms. The molecule has 2 aliphatic heterocycles. The SMILES string of the molecule is O=C(c1cn[nH]c1-c1cccnc1)N1CCN(C2CCCN(Cc3ccccc3)C2=O)CC1. The second kappa shape index (κ2) is 9.54. The number of aromatic amines is 1. The van der Waals surface area contributed by atoms with Crippen molar-refractivity contribution in [1.82, 2.24) is 29.9 Å². The first-order valence-corrected chi connectivity index (χ1v) is 11.5. The van der Waals surface area contributed by atoms with Gasteiger partial charge in [-0.05, 0) is 30.5 Å². The summed E-state index contributed by atoms with van der Waals surface area (Å²) >= 11 is 0. The van der Waals surface area contributed by atoms with Crippen LogP contribution < -0.4 is 0 Å². The summed E-state index contributed by atoms with van der Waals surface area (Å²) in [4.78, 5) is 36.7. The first-order valence-electron chi connectivity index (χ1n) is 11.5. The number of benzene rings is 1. The van der Waals surface area contributed by atoms with E-state index in [0.717, 1.165) is 30.5 Å². The molecule has 0 aliphatic carbocycles. The van der Waals surface area contributed by atoms with E-state index in [0.29, 0.717) is 44.0 Å². The largest absolute Gasteiger partial charge is 0.337 e. The van der Waals surface area contributed by atoms with E-state index in [2.05, 4.69) is 32.2 Å². The number of H-pyrrole nitrogens is 1. The van der Waals surface area contributed by atoms with Gasteiger partial charge in [0.2, 0.25) is 5.91 Å². The molecule has 0 spiro atoms. The first kappa shape index (κ1) is 21.3.